The largest absolute Gasteiger partial charge is 0.398 e. The fraction of sp³-hybridized carbons (Fsp3) is 0.462. The highest BCUT2D eigenvalue weighted by Gasteiger charge is 2.11. The summed E-state index contributed by atoms with van der Waals surface area (Å²) in [6.45, 7) is 6.62. The first-order valence-electron chi connectivity index (χ1n) is 5.90. The SMILES string of the molecule is CC1CNCC(C)N1.Nc1ccccc1C=O. The third kappa shape index (κ3) is 4.97. The van der Waals surface area contributed by atoms with Crippen molar-refractivity contribution in [3.8, 4) is 0 Å². The lowest BCUT2D eigenvalue weighted by molar-refractivity contribution is 0.112. The number of anilines is 1. The van der Waals surface area contributed by atoms with E-state index in [2.05, 4.69) is 24.5 Å². The van der Waals surface area contributed by atoms with Gasteiger partial charge in [-0.25, -0.2) is 0 Å². The van der Waals surface area contributed by atoms with Crippen LogP contribution in [0.25, 0.3) is 0 Å². The maximum atomic E-state index is 10.1. The molecule has 4 N–H and O–H groups in total. The first-order chi connectivity index (χ1) is 8.13. The van der Waals surface area contributed by atoms with Crippen molar-refractivity contribution < 1.29 is 4.79 Å². The van der Waals surface area contributed by atoms with E-state index < -0.39 is 0 Å². The van der Waals surface area contributed by atoms with Gasteiger partial charge in [0.15, 0.2) is 6.29 Å². The van der Waals surface area contributed by atoms with Gasteiger partial charge in [0, 0.05) is 36.4 Å². The predicted molar refractivity (Wildman–Crippen MR) is 71.2 cm³/mol. The maximum Gasteiger partial charge on any atom is 0.152 e. The lowest BCUT2D eigenvalue weighted by Crippen LogP contribution is -2.52. The number of benzene rings is 1. The molecule has 0 amide bonds. The van der Waals surface area contributed by atoms with Crippen LogP contribution in [0.3, 0.4) is 0 Å². The normalized spacial score (nSPS) is 23.4. The van der Waals surface area contributed by atoms with Crippen LogP contribution >= 0.6 is 0 Å². The summed E-state index contributed by atoms with van der Waals surface area (Å²) < 4.78 is 0. The molecule has 0 saturated carbocycles. The fourth-order valence-corrected chi connectivity index (χ4v) is 1.74. The van der Waals surface area contributed by atoms with Gasteiger partial charge >= 0.3 is 0 Å². The van der Waals surface area contributed by atoms with Gasteiger partial charge < -0.3 is 16.4 Å². The number of nitrogens with two attached hydrogens (primary N) is 1. The van der Waals surface area contributed by atoms with E-state index in [-0.39, 0.29) is 0 Å². The Morgan fingerprint density at radius 2 is 1.82 bits per heavy atom. The van der Waals surface area contributed by atoms with Crippen molar-refractivity contribution in [3.05, 3.63) is 29.8 Å². The summed E-state index contributed by atoms with van der Waals surface area (Å²) >= 11 is 0. The van der Waals surface area contributed by atoms with Gasteiger partial charge in [0.25, 0.3) is 0 Å². The van der Waals surface area contributed by atoms with Crippen LogP contribution in [0, 0.1) is 0 Å². The molecule has 94 valence electrons. The van der Waals surface area contributed by atoms with E-state index in [0.29, 0.717) is 23.3 Å². The molecule has 1 aliphatic rings. The van der Waals surface area contributed by atoms with E-state index in [0.717, 1.165) is 19.4 Å². The second-order valence-electron chi connectivity index (χ2n) is 4.37. The van der Waals surface area contributed by atoms with Crippen LogP contribution in [0.1, 0.15) is 24.2 Å². The van der Waals surface area contributed by atoms with Crippen LogP contribution in [0.2, 0.25) is 0 Å². The van der Waals surface area contributed by atoms with Crippen molar-refractivity contribution in [2.24, 2.45) is 0 Å². The van der Waals surface area contributed by atoms with Crippen molar-refractivity contribution >= 4 is 12.0 Å². The number of para-hydroxylation sites is 1. The van der Waals surface area contributed by atoms with Crippen LogP contribution < -0.4 is 16.4 Å². The van der Waals surface area contributed by atoms with E-state index in [1.54, 1.807) is 24.3 Å². The maximum absolute atomic E-state index is 10.1. The highest BCUT2D eigenvalue weighted by molar-refractivity contribution is 5.82. The number of carbonyl (C=O) groups is 1. The number of hydrogen-bond donors (Lipinski definition) is 3. The molecule has 4 nitrogen and oxygen atoms in total. The Balaban J connectivity index is 0.000000171. The number of piperazine rings is 1. The molecule has 0 bridgehead atoms. The topological polar surface area (TPSA) is 67.2 Å². The molecule has 1 fully saturated rings. The number of nitrogens with one attached hydrogen (secondary N) is 2. The third-order valence-corrected chi connectivity index (χ3v) is 2.59. The lowest BCUT2D eigenvalue weighted by atomic mass is 10.2. The van der Waals surface area contributed by atoms with Crippen molar-refractivity contribution in [1.29, 1.82) is 0 Å². The molecule has 2 atom stereocenters. The summed E-state index contributed by atoms with van der Waals surface area (Å²) in [7, 11) is 0. The molecule has 0 radical (unpaired) electrons. The number of rotatable bonds is 1. The van der Waals surface area contributed by atoms with Crippen molar-refractivity contribution in [1.82, 2.24) is 10.6 Å². The number of aldehydes is 1. The molecular weight excluding hydrogens is 214 g/mol. The summed E-state index contributed by atoms with van der Waals surface area (Å²) in [6.07, 6.45) is 0.745. The van der Waals surface area contributed by atoms with Gasteiger partial charge in [0.2, 0.25) is 0 Å². The van der Waals surface area contributed by atoms with Gasteiger partial charge in [-0.2, -0.15) is 0 Å². The second-order valence-corrected chi connectivity index (χ2v) is 4.37. The molecule has 1 aliphatic heterocycles. The van der Waals surface area contributed by atoms with E-state index in [1.807, 2.05) is 0 Å². The van der Waals surface area contributed by atoms with E-state index in [1.165, 1.54) is 0 Å². The van der Waals surface area contributed by atoms with Crippen LogP contribution in [0.5, 0.6) is 0 Å². The van der Waals surface area contributed by atoms with Crippen molar-refractivity contribution in [2.75, 3.05) is 18.8 Å². The Hall–Kier alpha value is -1.39. The summed E-state index contributed by atoms with van der Waals surface area (Å²) in [5, 5.41) is 6.74. The average Bonchev–Trinajstić information content (AvgIpc) is 2.30. The third-order valence-electron chi connectivity index (χ3n) is 2.59. The van der Waals surface area contributed by atoms with E-state index in [9.17, 15) is 4.79 Å². The zero-order valence-corrected chi connectivity index (χ0v) is 10.4. The Labute approximate surface area is 103 Å². The van der Waals surface area contributed by atoms with Crippen molar-refractivity contribution in [2.45, 2.75) is 25.9 Å². The van der Waals surface area contributed by atoms with Crippen LogP contribution in [-0.2, 0) is 0 Å². The number of nitrogen functional groups attached to an aromatic ring is 1. The highest BCUT2D eigenvalue weighted by Crippen LogP contribution is 2.05. The minimum Gasteiger partial charge on any atom is -0.398 e. The molecule has 1 aromatic carbocycles. The summed E-state index contributed by atoms with van der Waals surface area (Å²) in [4.78, 5) is 10.1. The van der Waals surface area contributed by atoms with Crippen molar-refractivity contribution in [3.63, 3.8) is 0 Å². The first kappa shape index (κ1) is 13.7. The molecule has 1 aromatic rings. The van der Waals surface area contributed by atoms with Gasteiger partial charge in [-0.15, -0.1) is 0 Å². The fourth-order valence-electron chi connectivity index (χ4n) is 1.74. The first-order valence-corrected chi connectivity index (χ1v) is 5.90. The number of hydrogen-bond acceptors (Lipinski definition) is 4. The van der Waals surface area contributed by atoms with Gasteiger partial charge in [0.1, 0.15) is 0 Å². The quantitative estimate of drug-likeness (QED) is 0.502. The summed E-state index contributed by atoms with van der Waals surface area (Å²) in [5.74, 6) is 0. The number of carbonyl (C=O) groups excluding carboxylic acids is 1. The monoisotopic (exact) mass is 235 g/mol. The predicted octanol–water partition coefficient (Wildman–Crippen LogP) is 1.04. The molecular formula is C13H21N3O. The van der Waals surface area contributed by atoms with Gasteiger partial charge in [0.05, 0.1) is 0 Å². The minimum absolute atomic E-state index is 0.535. The molecule has 2 rings (SSSR count). The lowest BCUT2D eigenvalue weighted by Gasteiger charge is -2.26. The molecule has 1 saturated heterocycles. The van der Waals surface area contributed by atoms with Crippen LogP contribution in [0.4, 0.5) is 5.69 Å². The second kappa shape index (κ2) is 7.04. The molecule has 0 aliphatic carbocycles. The zero-order valence-electron chi connectivity index (χ0n) is 10.4. The highest BCUT2D eigenvalue weighted by atomic mass is 16.1. The Morgan fingerprint density at radius 1 is 1.24 bits per heavy atom. The Bertz CT molecular complexity index is 346. The van der Waals surface area contributed by atoms with Gasteiger partial charge in [-0.05, 0) is 26.0 Å². The smallest absolute Gasteiger partial charge is 0.152 e. The summed E-state index contributed by atoms with van der Waals surface area (Å²) in [6, 6.07) is 8.26. The average molecular weight is 235 g/mol. The van der Waals surface area contributed by atoms with Crippen LogP contribution in [-0.4, -0.2) is 31.5 Å². The molecule has 0 aromatic heterocycles. The standard InChI is InChI=1S/C7H7NO.C6H14N2/c8-7-4-2-1-3-6(7)5-9;1-5-3-7-4-6(2)8-5/h1-5H,8H2;5-8H,3-4H2,1-2H3. The van der Waals surface area contributed by atoms with E-state index >= 15 is 0 Å². The molecule has 4 heteroatoms. The van der Waals surface area contributed by atoms with E-state index in [4.69, 9.17) is 5.73 Å². The molecule has 1 heterocycles. The minimum atomic E-state index is 0.535. The van der Waals surface area contributed by atoms with Crippen LogP contribution in [0.15, 0.2) is 24.3 Å². The molecule has 2 unspecified atom stereocenters. The van der Waals surface area contributed by atoms with Gasteiger partial charge in [-0.1, -0.05) is 12.1 Å². The molecule has 17 heavy (non-hydrogen) atoms. The summed E-state index contributed by atoms with van der Waals surface area (Å²) in [5.41, 5.74) is 6.49. The zero-order chi connectivity index (χ0) is 12.7. The Kier molecular flexibility index (Phi) is 5.66. The molecule has 0 spiro atoms. The van der Waals surface area contributed by atoms with Gasteiger partial charge in [-0.3, -0.25) is 4.79 Å². The Morgan fingerprint density at radius 3 is 2.18 bits per heavy atom.